The van der Waals surface area contributed by atoms with Crippen molar-refractivity contribution in [1.29, 1.82) is 0 Å². The normalized spacial score (nSPS) is 13.2. The van der Waals surface area contributed by atoms with Gasteiger partial charge in [-0.3, -0.25) is 9.59 Å². The molecule has 0 radical (unpaired) electrons. The van der Waals surface area contributed by atoms with E-state index in [0.29, 0.717) is 35.5 Å². The summed E-state index contributed by atoms with van der Waals surface area (Å²) in [5.74, 6) is 0. The monoisotopic (exact) mass is 526 g/mol. The van der Waals surface area contributed by atoms with Crippen LogP contribution in [0.2, 0.25) is 0 Å². The van der Waals surface area contributed by atoms with Crippen LogP contribution in [0.4, 0.5) is 32.0 Å². The van der Waals surface area contributed by atoms with Gasteiger partial charge in [0, 0.05) is 30.4 Å². The topological polar surface area (TPSA) is 97.6 Å². The first kappa shape index (κ1) is 26.0. The van der Waals surface area contributed by atoms with Gasteiger partial charge in [0.1, 0.15) is 5.56 Å². The fourth-order valence-corrected chi connectivity index (χ4v) is 3.90. The van der Waals surface area contributed by atoms with Gasteiger partial charge in [-0.05, 0) is 49.4 Å². The standard InChI is InChI=1S/C23H20F6N6O2/c1-13(32-18-11-30-33-20(36)19(18)23(27,28)29)3-2-7-34-8-6-14-9-16(4-5-17(14)21(34)37)35-12-15(10-31-35)22(24,25)26/h4-6,8-13H,2-3,7H2,1H3,(H2,32,33,36)/t13-/m0/s1. The van der Waals surface area contributed by atoms with E-state index in [2.05, 4.69) is 15.5 Å². The van der Waals surface area contributed by atoms with Crippen LogP contribution in [0, 0.1) is 0 Å². The molecule has 14 heteroatoms. The van der Waals surface area contributed by atoms with Crippen LogP contribution < -0.4 is 16.4 Å². The zero-order valence-electron chi connectivity index (χ0n) is 19.2. The Hall–Kier alpha value is -4.10. The summed E-state index contributed by atoms with van der Waals surface area (Å²) in [5, 5.41) is 12.4. The molecule has 0 bridgehead atoms. The minimum absolute atomic E-state index is 0.274. The molecule has 8 nitrogen and oxygen atoms in total. The Bertz CT molecular complexity index is 1540. The van der Waals surface area contributed by atoms with Gasteiger partial charge >= 0.3 is 12.4 Å². The summed E-state index contributed by atoms with van der Waals surface area (Å²) in [6, 6.07) is 5.73. The van der Waals surface area contributed by atoms with Gasteiger partial charge in [-0.2, -0.15) is 36.5 Å². The number of aryl methyl sites for hydroxylation is 1. The van der Waals surface area contributed by atoms with E-state index >= 15 is 0 Å². The molecule has 1 atom stereocenters. The summed E-state index contributed by atoms with van der Waals surface area (Å²) in [6.07, 6.45) is -4.54. The van der Waals surface area contributed by atoms with Crippen LogP contribution in [-0.2, 0) is 18.9 Å². The molecule has 37 heavy (non-hydrogen) atoms. The average molecular weight is 526 g/mol. The SMILES string of the molecule is C[C@@H](CCCn1ccc2cc(-n3cc(C(F)(F)F)cn3)ccc2c1=O)Nc1cn[nH]c(=O)c1C(F)(F)F. The van der Waals surface area contributed by atoms with Crippen LogP contribution >= 0.6 is 0 Å². The number of benzene rings is 1. The Morgan fingerprint density at radius 2 is 1.81 bits per heavy atom. The van der Waals surface area contributed by atoms with Crippen molar-refractivity contribution in [2.24, 2.45) is 0 Å². The number of rotatable bonds is 7. The smallest absolute Gasteiger partial charge is 0.381 e. The number of halogens is 6. The molecule has 196 valence electrons. The van der Waals surface area contributed by atoms with Gasteiger partial charge in [-0.15, -0.1) is 0 Å². The van der Waals surface area contributed by atoms with E-state index in [1.165, 1.54) is 16.7 Å². The minimum Gasteiger partial charge on any atom is -0.381 e. The molecule has 4 aromatic rings. The zero-order valence-corrected chi connectivity index (χ0v) is 19.2. The lowest BCUT2D eigenvalue weighted by Crippen LogP contribution is -2.27. The number of aromatic nitrogens is 5. The van der Waals surface area contributed by atoms with Gasteiger partial charge in [-0.1, -0.05) is 0 Å². The number of pyridine rings is 1. The molecule has 0 spiro atoms. The Balaban J connectivity index is 1.44. The highest BCUT2D eigenvalue weighted by Crippen LogP contribution is 2.32. The number of hydrogen-bond acceptors (Lipinski definition) is 5. The van der Waals surface area contributed by atoms with E-state index in [4.69, 9.17) is 0 Å². The number of nitrogens with one attached hydrogen (secondary N) is 2. The highest BCUT2D eigenvalue weighted by molar-refractivity contribution is 5.83. The van der Waals surface area contributed by atoms with Crippen molar-refractivity contribution in [1.82, 2.24) is 24.5 Å². The van der Waals surface area contributed by atoms with Crippen molar-refractivity contribution in [2.75, 3.05) is 5.32 Å². The highest BCUT2D eigenvalue weighted by Gasteiger charge is 2.37. The average Bonchev–Trinajstić information content (AvgIpc) is 3.31. The predicted octanol–water partition coefficient (Wildman–Crippen LogP) is 4.59. The molecule has 0 saturated carbocycles. The second-order valence-corrected chi connectivity index (χ2v) is 8.43. The number of alkyl halides is 6. The number of hydrogen-bond donors (Lipinski definition) is 2. The molecule has 3 aromatic heterocycles. The number of H-pyrrole nitrogens is 1. The lowest BCUT2D eigenvalue weighted by Gasteiger charge is -2.18. The van der Waals surface area contributed by atoms with Crippen molar-refractivity contribution in [3.8, 4) is 5.69 Å². The van der Waals surface area contributed by atoms with E-state index in [1.807, 2.05) is 0 Å². The highest BCUT2D eigenvalue weighted by atomic mass is 19.4. The molecule has 2 N–H and O–H groups in total. The maximum absolute atomic E-state index is 13.2. The summed E-state index contributed by atoms with van der Waals surface area (Å²) < 4.78 is 80.7. The molecule has 0 fully saturated rings. The van der Waals surface area contributed by atoms with Gasteiger partial charge in [0.2, 0.25) is 0 Å². The second-order valence-electron chi connectivity index (χ2n) is 8.43. The maximum Gasteiger partial charge on any atom is 0.423 e. The maximum atomic E-state index is 13.2. The predicted molar refractivity (Wildman–Crippen MR) is 123 cm³/mol. The van der Waals surface area contributed by atoms with Crippen molar-refractivity contribution in [2.45, 2.75) is 44.7 Å². The largest absolute Gasteiger partial charge is 0.423 e. The fourth-order valence-electron chi connectivity index (χ4n) is 3.90. The fraction of sp³-hybridized carbons (Fsp3) is 0.304. The summed E-state index contributed by atoms with van der Waals surface area (Å²) in [7, 11) is 0. The summed E-state index contributed by atoms with van der Waals surface area (Å²) in [4.78, 5) is 24.5. The first-order chi connectivity index (χ1) is 17.3. The third-order valence-electron chi connectivity index (χ3n) is 5.71. The molecular formula is C23H20F6N6O2. The molecule has 0 unspecified atom stereocenters. The quantitative estimate of drug-likeness (QED) is 0.344. The molecule has 0 amide bonds. The Morgan fingerprint density at radius 1 is 1.05 bits per heavy atom. The van der Waals surface area contributed by atoms with Crippen LogP contribution in [0.5, 0.6) is 0 Å². The van der Waals surface area contributed by atoms with Crippen molar-refractivity contribution >= 4 is 16.5 Å². The van der Waals surface area contributed by atoms with Gasteiger partial charge in [0.15, 0.2) is 0 Å². The van der Waals surface area contributed by atoms with Gasteiger partial charge in [-0.25, -0.2) is 9.78 Å². The first-order valence-corrected chi connectivity index (χ1v) is 11.0. The summed E-state index contributed by atoms with van der Waals surface area (Å²) >= 11 is 0. The van der Waals surface area contributed by atoms with Crippen LogP contribution in [-0.4, -0.2) is 30.6 Å². The molecule has 1 aromatic carbocycles. The van der Waals surface area contributed by atoms with E-state index < -0.39 is 40.8 Å². The van der Waals surface area contributed by atoms with Crippen LogP contribution in [0.3, 0.4) is 0 Å². The number of nitrogens with zero attached hydrogens (tertiary/aromatic N) is 4. The lowest BCUT2D eigenvalue weighted by atomic mass is 10.1. The molecule has 3 heterocycles. The second kappa shape index (κ2) is 9.75. The molecule has 0 aliphatic carbocycles. The molecule has 0 aliphatic rings. The van der Waals surface area contributed by atoms with E-state index in [9.17, 15) is 35.9 Å². The minimum atomic E-state index is -4.85. The molecule has 0 saturated heterocycles. The zero-order chi connectivity index (χ0) is 27.0. The van der Waals surface area contributed by atoms with Crippen LogP contribution in [0.15, 0.2) is 58.6 Å². The Labute approximate surface area is 204 Å². The van der Waals surface area contributed by atoms with Gasteiger partial charge in [0.05, 0.1) is 29.3 Å². The van der Waals surface area contributed by atoms with Crippen molar-refractivity contribution < 1.29 is 26.3 Å². The Kier molecular flexibility index (Phi) is 6.84. The summed E-state index contributed by atoms with van der Waals surface area (Å²) in [5.41, 5.74) is -3.99. The molecule has 0 aliphatic heterocycles. The van der Waals surface area contributed by atoms with Crippen LogP contribution in [0.25, 0.3) is 16.5 Å². The third kappa shape index (κ3) is 5.67. The van der Waals surface area contributed by atoms with E-state index in [-0.39, 0.29) is 12.1 Å². The van der Waals surface area contributed by atoms with Crippen LogP contribution in [0.1, 0.15) is 30.9 Å². The Morgan fingerprint density at radius 3 is 2.49 bits per heavy atom. The summed E-state index contributed by atoms with van der Waals surface area (Å²) in [6.45, 7) is 1.92. The lowest BCUT2D eigenvalue weighted by molar-refractivity contribution is -0.138. The molecular weight excluding hydrogens is 506 g/mol. The van der Waals surface area contributed by atoms with Gasteiger partial charge in [0.25, 0.3) is 11.1 Å². The first-order valence-electron chi connectivity index (χ1n) is 11.0. The number of fused-ring (bicyclic) bond motifs is 1. The van der Waals surface area contributed by atoms with Gasteiger partial charge < -0.3 is 9.88 Å². The van der Waals surface area contributed by atoms with Crippen molar-refractivity contribution in [3.63, 3.8) is 0 Å². The van der Waals surface area contributed by atoms with E-state index in [1.54, 1.807) is 30.4 Å². The molecule has 4 rings (SSSR count). The van der Waals surface area contributed by atoms with E-state index in [0.717, 1.165) is 17.1 Å². The van der Waals surface area contributed by atoms with Crippen molar-refractivity contribution in [3.05, 3.63) is 80.9 Å². The number of anilines is 1. The number of aromatic amines is 1. The third-order valence-corrected chi connectivity index (χ3v) is 5.71.